The number of aliphatic hydroxyl groups excluding tert-OH is 1. The minimum atomic E-state index is -3.50. The Kier molecular flexibility index (Phi) is 9.92. The fourth-order valence-electron chi connectivity index (χ4n) is 5.39. The first kappa shape index (κ1) is 30.0. The molecule has 2 aromatic rings. The van der Waals surface area contributed by atoms with E-state index < -0.39 is 60.8 Å². The number of nitrogens with zero attached hydrogens (tertiary/aromatic N) is 1. The molecule has 3 nitrogen and oxygen atoms in total. The van der Waals surface area contributed by atoms with Gasteiger partial charge in [0, 0.05) is 11.6 Å². The summed E-state index contributed by atoms with van der Waals surface area (Å²) < 4.78 is 92.0. The van der Waals surface area contributed by atoms with Gasteiger partial charge in [0.15, 0.2) is 11.6 Å². The van der Waals surface area contributed by atoms with Gasteiger partial charge in [0.25, 0.3) is 5.92 Å². The summed E-state index contributed by atoms with van der Waals surface area (Å²) in [6.45, 7) is -0.904. The molecular weight excluding hydrogens is 508 g/mol. The van der Waals surface area contributed by atoms with Crippen molar-refractivity contribution in [2.75, 3.05) is 26.4 Å². The van der Waals surface area contributed by atoms with Gasteiger partial charge in [-0.3, -0.25) is 9.29 Å². The average Bonchev–Trinajstić information content (AvgIpc) is 3.21. The van der Waals surface area contributed by atoms with Crippen LogP contribution in [0.1, 0.15) is 69.2 Å². The summed E-state index contributed by atoms with van der Waals surface area (Å²) in [6.07, 6.45) is 2.88. The van der Waals surface area contributed by atoms with E-state index in [4.69, 9.17) is 4.74 Å². The number of hydrogen-bond donors (Lipinski definition) is 1. The lowest BCUT2D eigenvalue weighted by Crippen LogP contribution is -2.48. The van der Waals surface area contributed by atoms with Crippen molar-refractivity contribution in [3.05, 3.63) is 70.0 Å². The van der Waals surface area contributed by atoms with E-state index >= 15 is 8.78 Å². The molecule has 2 aromatic carbocycles. The highest BCUT2D eigenvalue weighted by molar-refractivity contribution is 5.79. The van der Waals surface area contributed by atoms with Gasteiger partial charge in [-0.1, -0.05) is 19.9 Å². The maximum Gasteiger partial charge on any atom is 0.283 e. The second kappa shape index (κ2) is 12.6. The molecule has 4 rings (SSSR count). The zero-order valence-corrected chi connectivity index (χ0v) is 20.7. The zero-order chi connectivity index (χ0) is 26.7. The predicted octanol–water partition coefficient (Wildman–Crippen LogP) is 7.42. The topological polar surface area (TPSA) is 32.7 Å². The van der Waals surface area contributed by atoms with E-state index in [1.165, 1.54) is 23.1 Å². The van der Waals surface area contributed by atoms with Crippen molar-refractivity contribution < 1.29 is 36.2 Å². The fourth-order valence-corrected chi connectivity index (χ4v) is 5.39. The molecule has 2 aliphatic rings. The van der Waals surface area contributed by atoms with Crippen molar-refractivity contribution in [1.29, 1.82) is 0 Å². The van der Waals surface area contributed by atoms with Crippen LogP contribution in [0.2, 0.25) is 0 Å². The molecule has 0 bridgehead atoms. The van der Waals surface area contributed by atoms with Crippen molar-refractivity contribution >= 4 is 5.57 Å². The van der Waals surface area contributed by atoms with Gasteiger partial charge >= 0.3 is 0 Å². The summed E-state index contributed by atoms with van der Waals surface area (Å²) in [6, 6.07) is 4.73. The summed E-state index contributed by atoms with van der Waals surface area (Å²) in [4.78, 5) is 1.32. The van der Waals surface area contributed by atoms with Crippen molar-refractivity contribution in [3.63, 3.8) is 0 Å². The summed E-state index contributed by atoms with van der Waals surface area (Å²) in [7, 11) is 0. The molecule has 0 spiro atoms. The second-order valence-corrected chi connectivity index (χ2v) is 9.85. The summed E-state index contributed by atoms with van der Waals surface area (Å²) in [5.41, 5.74) is 2.22. The Hall–Kier alpha value is -2.52. The Morgan fingerprint density at radius 2 is 1.79 bits per heavy atom. The van der Waals surface area contributed by atoms with Crippen LogP contribution < -0.4 is 4.74 Å². The average molecular weight is 544 g/mol. The Morgan fingerprint density at radius 3 is 2.50 bits per heavy atom. The molecule has 1 heterocycles. The Labute approximate surface area is 220 Å². The smallest absolute Gasteiger partial charge is 0.283 e. The van der Waals surface area contributed by atoms with E-state index in [0.29, 0.717) is 48.8 Å². The molecule has 0 amide bonds. The van der Waals surface area contributed by atoms with Crippen LogP contribution in [0.15, 0.2) is 35.9 Å². The molecule has 1 aliphatic heterocycles. The van der Waals surface area contributed by atoms with E-state index in [2.05, 4.69) is 0 Å². The fraction of sp³-hybridized carbons (Fsp3) is 0.517. The van der Waals surface area contributed by atoms with Gasteiger partial charge in [0.2, 0.25) is 0 Å². The standard InChI is InChI=1S/C28H31F6NO2.CH4/c1-17-12-21-20-14-19(30)7-6-18(20)13-22(21)27(35(17)15-28(33,34)16-36)25-23(31)8-9-24(26(25)32)37-11-5-3-2-4-10-29;/h6-9,14,17,27,36H,2-5,10-13,15-16H2,1H3;1H4/t17-,27+;/m1./s1. The maximum atomic E-state index is 15.9. The van der Waals surface area contributed by atoms with Crippen LogP contribution >= 0.6 is 0 Å². The first-order valence-electron chi connectivity index (χ1n) is 12.6. The number of alkyl halides is 3. The van der Waals surface area contributed by atoms with Gasteiger partial charge in [-0.15, -0.1) is 0 Å². The van der Waals surface area contributed by atoms with E-state index in [1.54, 1.807) is 13.0 Å². The molecular formula is C29H35F6NO2. The zero-order valence-electron chi connectivity index (χ0n) is 20.7. The molecule has 0 aromatic heterocycles. The van der Waals surface area contributed by atoms with Crippen LogP contribution in [0.5, 0.6) is 5.75 Å². The molecule has 0 saturated heterocycles. The minimum Gasteiger partial charge on any atom is -0.491 e. The highest BCUT2D eigenvalue weighted by Crippen LogP contribution is 2.50. The Bertz CT molecular complexity index is 1150. The monoisotopic (exact) mass is 543 g/mol. The third-order valence-electron chi connectivity index (χ3n) is 7.19. The maximum absolute atomic E-state index is 15.9. The highest BCUT2D eigenvalue weighted by Gasteiger charge is 2.45. The number of hydrogen-bond acceptors (Lipinski definition) is 3. The molecule has 0 saturated carbocycles. The van der Waals surface area contributed by atoms with E-state index in [0.717, 1.165) is 11.6 Å². The van der Waals surface area contributed by atoms with Crippen LogP contribution in [0.25, 0.3) is 5.57 Å². The molecule has 1 aliphatic carbocycles. The molecule has 38 heavy (non-hydrogen) atoms. The lowest BCUT2D eigenvalue weighted by molar-refractivity contribution is -0.0862. The SMILES string of the molecule is C.C[C@@H]1CC2=C(Cc3ccc(F)cc32)[C@@H](c2c(F)ccc(OCCCCCCF)c2F)N1CC(F)(F)CO. The van der Waals surface area contributed by atoms with Gasteiger partial charge in [-0.2, -0.15) is 0 Å². The molecule has 0 unspecified atom stereocenters. The van der Waals surface area contributed by atoms with Crippen molar-refractivity contribution in [2.45, 2.75) is 70.9 Å². The molecule has 1 N–H and O–H groups in total. The minimum absolute atomic E-state index is 0. The predicted molar refractivity (Wildman–Crippen MR) is 136 cm³/mol. The van der Waals surface area contributed by atoms with Crippen LogP contribution in [-0.4, -0.2) is 48.4 Å². The molecule has 210 valence electrons. The Balaban J connectivity index is 0.00000400. The van der Waals surface area contributed by atoms with Gasteiger partial charge < -0.3 is 9.84 Å². The normalized spacial score (nSPS) is 19.3. The Morgan fingerprint density at radius 1 is 1.05 bits per heavy atom. The first-order chi connectivity index (χ1) is 17.7. The van der Waals surface area contributed by atoms with Crippen LogP contribution in [-0.2, 0) is 6.42 Å². The van der Waals surface area contributed by atoms with Crippen molar-refractivity contribution in [1.82, 2.24) is 4.90 Å². The third-order valence-corrected chi connectivity index (χ3v) is 7.19. The molecule has 2 atom stereocenters. The van der Waals surface area contributed by atoms with Crippen LogP contribution in [0.3, 0.4) is 0 Å². The van der Waals surface area contributed by atoms with E-state index in [-0.39, 0.29) is 26.2 Å². The van der Waals surface area contributed by atoms with Crippen molar-refractivity contribution in [3.8, 4) is 5.75 Å². The number of rotatable bonds is 11. The van der Waals surface area contributed by atoms with Gasteiger partial charge in [-0.05, 0) is 85.6 Å². The van der Waals surface area contributed by atoms with Crippen molar-refractivity contribution in [2.24, 2.45) is 0 Å². The highest BCUT2D eigenvalue weighted by atomic mass is 19.3. The third kappa shape index (κ3) is 6.20. The number of benzene rings is 2. The number of fused-ring (bicyclic) bond motifs is 2. The quantitative estimate of drug-likeness (QED) is 0.237. The molecule has 9 heteroatoms. The number of ether oxygens (including phenoxy) is 1. The summed E-state index contributed by atoms with van der Waals surface area (Å²) in [5.74, 6) is -6.03. The lowest BCUT2D eigenvalue weighted by atomic mass is 9.84. The largest absolute Gasteiger partial charge is 0.491 e. The summed E-state index contributed by atoms with van der Waals surface area (Å²) in [5, 5.41) is 9.24. The second-order valence-electron chi connectivity index (χ2n) is 9.85. The summed E-state index contributed by atoms with van der Waals surface area (Å²) >= 11 is 0. The molecule has 0 fully saturated rings. The van der Waals surface area contributed by atoms with Gasteiger partial charge in [-0.25, -0.2) is 22.0 Å². The van der Waals surface area contributed by atoms with Gasteiger partial charge in [0.1, 0.15) is 18.2 Å². The van der Waals surface area contributed by atoms with Gasteiger partial charge in [0.05, 0.1) is 25.9 Å². The number of aliphatic hydroxyl groups is 1. The lowest BCUT2D eigenvalue weighted by Gasteiger charge is -2.43. The molecule has 0 radical (unpaired) electrons. The first-order valence-corrected chi connectivity index (χ1v) is 12.6. The number of halogens is 6. The van der Waals surface area contributed by atoms with E-state index in [9.17, 15) is 22.7 Å². The number of unbranched alkanes of at least 4 members (excludes halogenated alkanes) is 3. The van der Waals surface area contributed by atoms with Crippen LogP contribution in [0, 0.1) is 17.5 Å². The van der Waals surface area contributed by atoms with Crippen LogP contribution in [0.4, 0.5) is 26.3 Å². The van der Waals surface area contributed by atoms with E-state index in [1.807, 2.05) is 0 Å².